The predicted molar refractivity (Wildman–Crippen MR) is 82.9 cm³/mol. The second kappa shape index (κ2) is 7.50. The molecule has 21 heavy (non-hydrogen) atoms. The van der Waals surface area contributed by atoms with Gasteiger partial charge in [-0.3, -0.25) is 0 Å². The Balaban J connectivity index is 1.79. The Morgan fingerprint density at radius 3 is 2.67 bits per heavy atom. The summed E-state index contributed by atoms with van der Waals surface area (Å²) in [5, 5.41) is 13.6. The molecule has 0 saturated heterocycles. The lowest BCUT2D eigenvalue weighted by molar-refractivity contribution is 0.117. The zero-order valence-electron chi connectivity index (χ0n) is 11.0. The number of ether oxygens (including phenoxy) is 1. The standard InChI is InChI=1S/C15H14Cl2FNO2/c16-14-5-4-13(7-15(14)17)21-9-12(20)8-19-11-3-1-2-10(18)6-11/h1-7,12,19-20H,8-9H2. The Kier molecular flexibility index (Phi) is 5.67. The molecule has 0 heterocycles. The number of aliphatic hydroxyl groups is 1. The Bertz CT molecular complexity index is 610. The molecule has 112 valence electrons. The summed E-state index contributed by atoms with van der Waals surface area (Å²) in [6.07, 6.45) is -0.747. The summed E-state index contributed by atoms with van der Waals surface area (Å²) in [7, 11) is 0. The van der Waals surface area contributed by atoms with Gasteiger partial charge in [0.25, 0.3) is 0 Å². The Morgan fingerprint density at radius 2 is 1.95 bits per heavy atom. The molecule has 2 N–H and O–H groups in total. The average molecular weight is 330 g/mol. The van der Waals surface area contributed by atoms with Gasteiger partial charge >= 0.3 is 0 Å². The lowest BCUT2D eigenvalue weighted by Crippen LogP contribution is -2.26. The second-order valence-electron chi connectivity index (χ2n) is 4.43. The van der Waals surface area contributed by atoms with Crippen LogP contribution in [0.3, 0.4) is 0 Å². The molecule has 1 atom stereocenters. The predicted octanol–water partition coefficient (Wildman–Crippen LogP) is 3.98. The number of benzene rings is 2. The van der Waals surface area contributed by atoms with Crippen molar-refractivity contribution >= 4 is 28.9 Å². The van der Waals surface area contributed by atoms with Gasteiger partial charge in [0, 0.05) is 18.3 Å². The first-order valence-corrected chi connectivity index (χ1v) is 7.05. The van der Waals surface area contributed by atoms with Crippen LogP contribution in [0.25, 0.3) is 0 Å². The highest BCUT2D eigenvalue weighted by Gasteiger charge is 2.07. The summed E-state index contributed by atoms with van der Waals surface area (Å²) in [5.74, 6) is 0.191. The molecular formula is C15H14Cl2FNO2. The van der Waals surface area contributed by atoms with Crippen LogP contribution in [0.15, 0.2) is 42.5 Å². The van der Waals surface area contributed by atoms with Crippen molar-refractivity contribution in [2.75, 3.05) is 18.5 Å². The van der Waals surface area contributed by atoms with E-state index in [1.807, 2.05) is 0 Å². The van der Waals surface area contributed by atoms with Crippen LogP contribution >= 0.6 is 23.2 Å². The molecule has 2 aromatic rings. The molecule has 0 spiro atoms. The minimum absolute atomic E-state index is 0.0836. The Hall–Kier alpha value is -1.49. The second-order valence-corrected chi connectivity index (χ2v) is 5.25. The Morgan fingerprint density at radius 1 is 1.14 bits per heavy atom. The van der Waals surface area contributed by atoms with E-state index in [9.17, 15) is 9.50 Å². The summed E-state index contributed by atoms with van der Waals surface area (Å²) in [5.41, 5.74) is 0.601. The summed E-state index contributed by atoms with van der Waals surface area (Å²) >= 11 is 11.7. The van der Waals surface area contributed by atoms with Gasteiger partial charge in [-0.2, -0.15) is 0 Å². The molecule has 2 aromatic carbocycles. The lowest BCUT2D eigenvalue weighted by Gasteiger charge is -2.14. The third-order valence-electron chi connectivity index (χ3n) is 2.70. The highest BCUT2D eigenvalue weighted by molar-refractivity contribution is 6.42. The van der Waals surface area contributed by atoms with E-state index < -0.39 is 6.10 Å². The molecule has 0 aromatic heterocycles. The SMILES string of the molecule is OC(CNc1cccc(F)c1)COc1ccc(Cl)c(Cl)c1. The van der Waals surface area contributed by atoms with Gasteiger partial charge in [-0.1, -0.05) is 29.3 Å². The fourth-order valence-electron chi connectivity index (χ4n) is 1.65. The fraction of sp³-hybridized carbons (Fsp3) is 0.200. The van der Waals surface area contributed by atoms with Crippen molar-refractivity contribution in [2.24, 2.45) is 0 Å². The molecule has 0 aliphatic carbocycles. The maximum atomic E-state index is 13.0. The van der Waals surface area contributed by atoms with Crippen molar-refractivity contribution in [3.8, 4) is 5.75 Å². The van der Waals surface area contributed by atoms with E-state index in [2.05, 4.69) is 5.32 Å². The van der Waals surface area contributed by atoms with Gasteiger partial charge in [-0.05, 0) is 30.3 Å². The van der Waals surface area contributed by atoms with Gasteiger partial charge in [-0.25, -0.2) is 4.39 Å². The minimum atomic E-state index is -0.747. The zero-order valence-corrected chi connectivity index (χ0v) is 12.5. The van der Waals surface area contributed by atoms with E-state index in [0.29, 0.717) is 21.5 Å². The number of halogens is 3. The van der Waals surface area contributed by atoms with E-state index in [1.165, 1.54) is 12.1 Å². The van der Waals surface area contributed by atoms with Crippen LogP contribution in [0.1, 0.15) is 0 Å². The quantitative estimate of drug-likeness (QED) is 0.842. The molecule has 0 saturated carbocycles. The first-order chi connectivity index (χ1) is 10.0. The Labute approximate surface area is 132 Å². The van der Waals surface area contributed by atoms with Crippen LogP contribution in [0, 0.1) is 5.82 Å². The van der Waals surface area contributed by atoms with Crippen molar-refractivity contribution in [3.05, 3.63) is 58.3 Å². The van der Waals surface area contributed by atoms with Crippen molar-refractivity contribution in [1.29, 1.82) is 0 Å². The minimum Gasteiger partial charge on any atom is -0.491 e. The molecule has 0 radical (unpaired) electrons. The van der Waals surface area contributed by atoms with E-state index in [1.54, 1.807) is 30.3 Å². The number of hydrogen-bond donors (Lipinski definition) is 2. The average Bonchev–Trinajstić information content (AvgIpc) is 2.46. The summed E-state index contributed by atoms with van der Waals surface area (Å²) in [4.78, 5) is 0. The monoisotopic (exact) mass is 329 g/mol. The third kappa shape index (κ3) is 5.08. The van der Waals surface area contributed by atoms with E-state index in [4.69, 9.17) is 27.9 Å². The van der Waals surface area contributed by atoms with Gasteiger partial charge in [0.15, 0.2) is 0 Å². The van der Waals surface area contributed by atoms with Crippen molar-refractivity contribution in [2.45, 2.75) is 6.10 Å². The van der Waals surface area contributed by atoms with Crippen LogP contribution in [-0.2, 0) is 0 Å². The molecule has 0 fully saturated rings. The topological polar surface area (TPSA) is 41.5 Å². The molecule has 2 rings (SSSR count). The van der Waals surface area contributed by atoms with E-state index >= 15 is 0 Å². The largest absolute Gasteiger partial charge is 0.491 e. The normalized spacial score (nSPS) is 12.0. The van der Waals surface area contributed by atoms with Crippen LogP contribution in [0.2, 0.25) is 10.0 Å². The number of hydrogen-bond acceptors (Lipinski definition) is 3. The van der Waals surface area contributed by atoms with E-state index in [0.717, 1.165) is 0 Å². The van der Waals surface area contributed by atoms with Gasteiger partial charge in [-0.15, -0.1) is 0 Å². The third-order valence-corrected chi connectivity index (χ3v) is 3.44. The zero-order chi connectivity index (χ0) is 15.2. The smallest absolute Gasteiger partial charge is 0.125 e. The molecular weight excluding hydrogens is 316 g/mol. The van der Waals surface area contributed by atoms with Crippen LogP contribution in [0.5, 0.6) is 5.75 Å². The molecule has 3 nitrogen and oxygen atoms in total. The van der Waals surface area contributed by atoms with E-state index in [-0.39, 0.29) is 19.0 Å². The highest BCUT2D eigenvalue weighted by Crippen LogP contribution is 2.26. The number of aliphatic hydroxyl groups excluding tert-OH is 1. The first-order valence-electron chi connectivity index (χ1n) is 6.30. The molecule has 0 amide bonds. The number of rotatable bonds is 6. The van der Waals surface area contributed by atoms with Gasteiger partial charge < -0.3 is 15.2 Å². The molecule has 0 bridgehead atoms. The molecule has 1 unspecified atom stereocenters. The number of anilines is 1. The van der Waals surface area contributed by atoms with Gasteiger partial charge in [0.05, 0.1) is 10.0 Å². The summed E-state index contributed by atoms with van der Waals surface area (Å²) in [6.45, 7) is 0.324. The maximum absolute atomic E-state index is 13.0. The van der Waals surface area contributed by atoms with Crippen molar-refractivity contribution in [3.63, 3.8) is 0 Å². The van der Waals surface area contributed by atoms with Crippen LogP contribution < -0.4 is 10.1 Å². The lowest BCUT2D eigenvalue weighted by atomic mass is 10.3. The van der Waals surface area contributed by atoms with Crippen LogP contribution in [-0.4, -0.2) is 24.4 Å². The van der Waals surface area contributed by atoms with Gasteiger partial charge in [0.1, 0.15) is 24.3 Å². The summed E-state index contributed by atoms with van der Waals surface area (Å²) < 4.78 is 18.4. The van der Waals surface area contributed by atoms with Gasteiger partial charge in [0.2, 0.25) is 0 Å². The summed E-state index contributed by atoms with van der Waals surface area (Å²) in [6, 6.07) is 10.9. The number of nitrogens with one attached hydrogen (secondary N) is 1. The molecule has 0 aliphatic rings. The molecule has 0 aliphatic heterocycles. The van der Waals surface area contributed by atoms with Crippen LogP contribution in [0.4, 0.5) is 10.1 Å². The first kappa shape index (κ1) is 15.9. The molecule has 6 heteroatoms. The van der Waals surface area contributed by atoms with Crippen molar-refractivity contribution < 1.29 is 14.2 Å². The maximum Gasteiger partial charge on any atom is 0.125 e. The fourth-order valence-corrected chi connectivity index (χ4v) is 1.94. The highest BCUT2D eigenvalue weighted by atomic mass is 35.5. The van der Waals surface area contributed by atoms with Crippen molar-refractivity contribution in [1.82, 2.24) is 0 Å².